The molecule has 2 fully saturated rings. The smallest absolute Gasteiger partial charge is 0.119 e. The Labute approximate surface area is 161 Å². The summed E-state index contributed by atoms with van der Waals surface area (Å²) in [5.41, 5.74) is 3.65. The van der Waals surface area contributed by atoms with Gasteiger partial charge in [0.15, 0.2) is 0 Å². The van der Waals surface area contributed by atoms with Crippen molar-refractivity contribution in [2.45, 2.75) is 18.9 Å². The maximum atomic E-state index is 5.52. The molecule has 0 saturated carbocycles. The van der Waals surface area contributed by atoms with Gasteiger partial charge in [-0.1, -0.05) is 12.1 Å². The Morgan fingerprint density at radius 2 is 1.89 bits per heavy atom. The SMILES string of the molecule is COc1ccc(N[C@@H]2CCCN(c3ccc[c]c3N3CCOCC3)C2)cc1. The molecule has 0 aromatic heterocycles. The molecule has 143 valence electrons. The molecule has 5 nitrogen and oxygen atoms in total. The van der Waals surface area contributed by atoms with Gasteiger partial charge in [0.25, 0.3) is 0 Å². The molecule has 0 bridgehead atoms. The Bertz CT molecular complexity index is 729. The number of piperidine rings is 1. The Morgan fingerprint density at radius 1 is 1.07 bits per heavy atom. The summed E-state index contributed by atoms with van der Waals surface area (Å²) in [6.07, 6.45) is 2.37. The van der Waals surface area contributed by atoms with Crippen LogP contribution in [-0.4, -0.2) is 52.5 Å². The molecule has 27 heavy (non-hydrogen) atoms. The van der Waals surface area contributed by atoms with Crippen molar-refractivity contribution < 1.29 is 9.47 Å². The molecule has 0 spiro atoms. The van der Waals surface area contributed by atoms with Gasteiger partial charge < -0.3 is 24.6 Å². The van der Waals surface area contributed by atoms with E-state index in [4.69, 9.17) is 9.47 Å². The van der Waals surface area contributed by atoms with Gasteiger partial charge in [-0.25, -0.2) is 0 Å². The van der Waals surface area contributed by atoms with Crippen molar-refractivity contribution in [1.82, 2.24) is 0 Å². The van der Waals surface area contributed by atoms with E-state index >= 15 is 0 Å². The second-order valence-electron chi connectivity index (χ2n) is 7.16. The van der Waals surface area contributed by atoms with E-state index in [0.29, 0.717) is 6.04 Å². The first-order valence-electron chi connectivity index (χ1n) is 9.82. The lowest BCUT2D eigenvalue weighted by Gasteiger charge is -2.38. The summed E-state index contributed by atoms with van der Waals surface area (Å²) in [6, 6.07) is 18.5. The van der Waals surface area contributed by atoms with Crippen molar-refractivity contribution in [2.75, 3.05) is 61.6 Å². The third-order valence-electron chi connectivity index (χ3n) is 5.36. The molecule has 0 amide bonds. The quantitative estimate of drug-likeness (QED) is 0.878. The molecule has 2 heterocycles. The Morgan fingerprint density at radius 3 is 2.67 bits per heavy atom. The number of nitrogens with zero attached hydrogens (tertiary/aromatic N) is 2. The van der Waals surface area contributed by atoms with Gasteiger partial charge in [0, 0.05) is 44.0 Å². The summed E-state index contributed by atoms with van der Waals surface area (Å²) in [4.78, 5) is 4.91. The molecule has 1 atom stereocenters. The Hall–Kier alpha value is -2.40. The minimum absolute atomic E-state index is 0.435. The molecule has 0 aliphatic carbocycles. The van der Waals surface area contributed by atoms with Gasteiger partial charge in [-0.3, -0.25) is 0 Å². The predicted octanol–water partition coefficient (Wildman–Crippen LogP) is 3.41. The fourth-order valence-electron chi connectivity index (χ4n) is 3.95. The molecular weight excluding hydrogens is 338 g/mol. The van der Waals surface area contributed by atoms with Crippen LogP contribution in [0.4, 0.5) is 17.1 Å². The van der Waals surface area contributed by atoms with Gasteiger partial charge in [0.05, 0.1) is 31.7 Å². The summed E-state index contributed by atoms with van der Waals surface area (Å²) in [5.74, 6) is 0.890. The zero-order valence-corrected chi connectivity index (χ0v) is 16.0. The van der Waals surface area contributed by atoms with Crippen LogP contribution in [0.3, 0.4) is 0 Å². The molecule has 0 unspecified atom stereocenters. The number of hydrogen-bond acceptors (Lipinski definition) is 5. The lowest BCUT2D eigenvalue weighted by Crippen LogP contribution is -2.43. The van der Waals surface area contributed by atoms with E-state index in [0.717, 1.165) is 50.8 Å². The fraction of sp³-hybridized carbons (Fsp3) is 0.455. The van der Waals surface area contributed by atoms with E-state index in [-0.39, 0.29) is 0 Å². The highest BCUT2D eigenvalue weighted by atomic mass is 16.5. The monoisotopic (exact) mass is 366 g/mol. The van der Waals surface area contributed by atoms with Crippen LogP contribution in [0.2, 0.25) is 0 Å². The van der Waals surface area contributed by atoms with Crippen LogP contribution < -0.4 is 19.9 Å². The Kier molecular flexibility index (Phi) is 5.68. The molecule has 2 aromatic rings. The molecule has 1 N–H and O–H groups in total. The van der Waals surface area contributed by atoms with E-state index in [1.54, 1.807) is 7.11 Å². The molecule has 2 aromatic carbocycles. The average Bonchev–Trinajstić information content (AvgIpc) is 2.75. The first-order valence-corrected chi connectivity index (χ1v) is 9.82. The summed E-state index contributed by atoms with van der Waals surface area (Å²) >= 11 is 0. The first-order chi connectivity index (χ1) is 13.3. The highest BCUT2D eigenvalue weighted by molar-refractivity contribution is 5.71. The van der Waals surface area contributed by atoms with Gasteiger partial charge >= 0.3 is 0 Å². The number of methoxy groups -OCH3 is 1. The lowest BCUT2D eigenvalue weighted by molar-refractivity contribution is 0.122. The van der Waals surface area contributed by atoms with Gasteiger partial charge in [-0.05, 0) is 43.2 Å². The third kappa shape index (κ3) is 4.30. The molecular formula is C22H28N3O2. The normalized spacial score (nSPS) is 20.4. The molecule has 2 aliphatic heterocycles. The molecule has 2 saturated heterocycles. The highest BCUT2D eigenvalue weighted by Crippen LogP contribution is 2.32. The highest BCUT2D eigenvalue weighted by Gasteiger charge is 2.24. The minimum atomic E-state index is 0.435. The zero-order valence-electron chi connectivity index (χ0n) is 16.0. The zero-order chi connectivity index (χ0) is 18.5. The van der Waals surface area contributed by atoms with E-state index in [1.807, 2.05) is 18.2 Å². The second kappa shape index (κ2) is 8.53. The predicted molar refractivity (Wildman–Crippen MR) is 110 cm³/mol. The van der Waals surface area contributed by atoms with Crippen molar-refractivity contribution in [3.8, 4) is 5.75 Å². The number of ether oxygens (including phenoxy) is 2. The van der Waals surface area contributed by atoms with Gasteiger partial charge in [-0.15, -0.1) is 0 Å². The summed E-state index contributed by atoms with van der Waals surface area (Å²) in [5, 5.41) is 3.69. The van der Waals surface area contributed by atoms with Crippen LogP contribution in [0.15, 0.2) is 42.5 Å². The standard InChI is InChI=1S/C22H28N3O2/c1-26-20-10-8-18(9-11-20)23-19-5-4-12-25(17-19)22-7-3-2-6-21(22)24-13-15-27-16-14-24/h2-3,7-11,19,23H,4-5,12-17H2,1H3/t19-/m1/s1. The summed E-state index contributed by atoms with van der Waals surface area (Å²) < 4.78 is 10.8. The summed E-state index contributed by atoms with van der Waals surface area (Å²) in [7, 11) is 1.70. The van der Waals surface area contributed by atoms with Gasteiger partial charge in [-0.2, -0.15) is 0 Å². The van der Waals surface area contributed by atoms with E-state index in [2.05, 4.69) is 45.4 Å². The second-order valence-corrected chi connectivity index (χ2v) is 7.16. The minimum Gasteiger partial charge on any atom is -0.497 e. The number of anilines is 3. The van der Waals surface area contributed by atoms with Crippen LogP contribution in [0.25, 0.3) is 0 Å². The van der Waals surface area contributed by atoms with Crippen LogP contribution in [0, 0.1) is 6.07 Å². The number of rotatable bonds is 5. The van der Waals surface area contributed by atoms with Gasteiger partial charge in [0.1, 0.15) is 5.75 Å². The number of benzene rings is 2. The number of para-hydroxylation sites is 1. The maximum Gasteiger partial charge on any atom is 0.119 e. The van der Waals surface area contributed by atoms with Crippen molar-refractivity contribution in [3.63, 3.8) is 0 Å². The largest absolute Gasteiger partial charge is 0.497 e. The van der Waals surface area contributed by atoms with Crippen LogP contribution >= 0.6 is 0 Å². The van der Waals surface area contributed by atoms with Crippen molar-refractivity contribution >= 4 is 17.1 Å². The van der Waals surface area contributed by atoms with Crippen molar-refractivity contribution in [1.29, 1.82) is 0 Å². The number of nitrogens with one attached hydrogen (secondary N) is 1. The Balaban J connectivity index is 1.46. The lowest BCUT2D eigenvalue weighted by atomic mass is 10.0. The van der Waals surface area contributed by atoms with Crippen LogP contribution in [-0.2, 0) is 4.74 Å². The van der Waals surface area contributed by atoms with Crippen LogP contribution in [0.1, 0.15) is 12.8 Å². The van der Waals surface area contributed by atoms with Crippen LogP contribution in [0.5, 0.6) is 5.75 Å². The topological polar surface area (TPSA) is 37.0 Å². The van der Waals surface area contributed by atoms with Crippen molar-refractivity contribution in [3.05, 3.63) is 48.5 Å². The van der Waals surface area contributed by atoms with E-state index in [9.17, 15) is 0 Å². The first kappa shape index (κ1) is 18.0. The average molecular weight is 366 g/mol. The number of hydrogen-bond donors (Lipinski definition) is 1. The van der Waals surface area contributed by atoms with Gasteiger partial charge in [0.2, 0.25) is 0 Å². The van der Waals surface area contributed by atoms with E-state index < -0.39 is 0 Å². The summed E-state index contributed by atoms with van der Waals surface area (Å²) in [6.45, 7) is 5.56. The third-order valence-corrected chi connectivity index (χ3v) is 5.36. The fourth-order valence-corrected chi connectivity index (χ4v) is 3.95. The number of morpholine rings is 1. The molecule has 1 radical (unpaired) electrons. The molecule has 2 aliphatic rings. The molecule has 5 heteroatoms. The van der Waals surface area contributed by atoms with E-state index in [1.165, 1.54) is 24.2 Å². The maximum absolute atomic E-state index is 5.52. The van der Waals surface area contributed by atoms with Crippen molar-refractivity contribution in [2.24, 2.45) is 0 Å². The molecule has 4 rings (SSSR count).